The van der Waals surface area contributed by atoms with Crippen molar-refractivity contribution in [3.63, 3.8) is 0 Å². The van der Waals surface area contributed by atoms with E-state index in [2.05, 4.69) is 46.4 Å². The predicted octanol–water partition coefficient (Wildman–Crippen LogP) is 3.52. The van der Waals surface area contributed by atoms with E-state index in [-0.39, 0.29) is 12.0 Å². The third-order valence-electron chi connectivity index (χ3n) is 5.62. The average Bonchev–Trinajstić information content (AvgIpc) is 3.40. The van der Waals surface area contributed by atoms with Gasteiger partial charge in [-0.05, 0) is 55.1 Å². The molecule has 2 atom stereocenters. The molecule has 1 fully saturated rings. The Kier molecular flexibility index (Phi) is 5.35. The highest BCUT2D eigenvalue weighted by molar-refractivity contribution is 5.96. The highest BCUT2D eigenvalue weighted by atomic mass is 16.5. The Morgan fingerprint density at radius 2 is 1.93 bits per heavy atom. The molecule has 5 heteroatoms. The molecule has 1 N–H and O–H groups in total. The first-order valence-corrected chi connectivity index (χ1v) is 9.99. The van der Waals surface area contributed by atoms with E-state index < -0.39 is 5.54 Å². The standard InChI is InChI=1S/C24H27N3O2/c1-17-8-9-18-6-4-5-7-20(18)22(17)24(16-21(24)29-15-14-27(2)3)26-23(28)19-10-12-25-13-11-19/h4-13,21H,14-16H2,1-3H3,(H,26,28). The molecule has 0 radical (unpaired) electrons. The molecule has 1 aromatic heterocycles. The van der Waals surface area contributed by atoms with Gasteiger partial charge in [-0.1, -0.05) is 36.4 Å². The van der Waals surface area contributed by atoms with Crippen LogP contribution >= 0.6 is 0 Å². The number of hydrogen-bond donors (Lipinski definition) is 1. The number of benzene rings is 2. The van der Waals surface area contributed by atoms with Gasteiger partial charge in [-0.2, -0.15) is 0 Å². The molecule has 1 heterocycles. The third-order valence-corrected chi connectivity index (χ3v) is 5.62. The summed E-state index contributed by atoms with van der Waals surface area (Å²) >= 11 is 0. The number of hydrogen-bond acceptors (Lipinski definition) is 4. The van der Waals surface area contributed by atoms with Gasteiger partial charge in [0.1, 0.15) is 0 Å². The fourth-order valence-electron chi connectivity index (χ4n) is 4.02. The molecular weight excluding hydrogens is 362 g/mol. The number of aromatic nitrogens is 1. The number of fused-ring (bicyclic) bond motifs is 1. The number of nitrogens with zero attached hydrogens (tertiary/aromatic N) is 2. The molecule has 1 aliphatic rings. The smallest absolute Gasteiger partial charge is 0.252 e. The van der Waals surface area contributed by atoms with E-state index in [1.807, 2.05) is 26.2 Å². The van der Waals surface area contributed by atoms with Crippen LogP contribution in [0.3, 0.4) is 0 Å². The number of ether oxygens (including phenoxy) is 1. The van der Waals surface area contributed by atoms with E-state index in [9.17, 15) is 4.79 Å². The molecule has 2 aromatic carbocycles. The Hall–Kier alpha value is -2.76. The van der Waals surface area contributed by atoms with Crippen LogP contribution in [0.2, 0.25) is 0 Å². The quantitative estimate of drug-likeness (QED) is 0.672. The number of pyridine rings is 1. The first-order chi connectivity index (χ1) is 14.0. The number of carbonyl (C=O) groups excluding carboxylic acids is 1. The largest absolute Gasteiger partial charge is 0.374 e. The van der Waals surface area contributed by atoms with Gasteiger partial charge in [0.15, 0.2) is 0 Å². The third kappa shape index (κ3) is 3.88. The van der Waals surface area contributed by atoms with Crippen molar-refractivity contribution in [3.8, 4) is 0 Å². The minimum absolute atomic E-state index is 0.0438. The zero-order valence-electron chi connectivity index (χ0n) is 17.2. The second-order valence-corrected chi connectivity index (χ2v) is 8.01. The number of nitrogens with one attached hydrogen (secondary N) is 1. The van der Waals surface area contributed by atoms with Gasteiger partial charge in [-0.25, -0.2) is 0 Å². The molecule has 1 saturated carbocycles. The van der Waals surface area contributed by atoms with Crippen molar-refractivity contribution < 1.29 is 9.53 Å². The molecule has 0 aliphatic heterocycles. The predicted molar refractivity (Wildman–Crippen MR) is 115 cm³/mol. The fourth-order valence-corrected chi connectivity index (χ4v) is 4.02. The van der Waals surface area contributed by atoms with E-state index in [1.54, 1.807) is 24.5 Å². The van der Waals surface area contributed by atoms with Crippen molar-refractivity contribution in [3.05, 3.63) is 77.6 Å². The molecule has 1 amide bonds. The van der Waals surface area contributed by atoms with E-state index in [4.69, 9.17) is 4.74 Å². The number of rotatable bonds is 7. The first-order valence-electron chi connectivity index (χ1n) is 9.99. The van der Waals surface area contributed by atoms with E-state index in [0.717, 1.165) is 24.1 Å². The van der Waals surface area contributed by atoms with Gasteiger partial charge < -0.3 is 15.0 Å². The van der Waals surface area contributed by atoms with E-state index in [0.29, 0.717) is 12.2 Å². The summed E-state index contributed by atoms with van der Waals surface area (Å²) in [6, 6.07) is 16.1. The Labute approximate surface area is 171 Å². The fraction of sp³-hybridized carbons (Fsp3) is 0.333. The van der Waals surface area contributed by atoms with E-state index >= 15 is 0 Å². The molecule has 0 spiro atoms. The minimum Gasteiger partial charge on any atom is -0.374 e. The van der Waals surface area contributed by atoms with Crippen LogP contribution in [0.1, 0.15) is 27.9 Å². The van der Waals surface area contributed by atoms with Crippen LogP contribution in [0, 0.1) is 6.92 Å². The van der Waals surface area contributed by atoms with Crippen LogP contribution in [-0.2, 0) is 10.3 Å². The van der Waals surface area contributed by atoms with Crippen molar-refractivity contribution in [2.45, 2.75) is 25.0 Å². The summed E-state index contributed by atoms with van der Waals surface area (Å²) in [6.45, 7) is 3.59. The SMILES string of the molecule is Cc1ccc2ccccc2c1C1(NC(=O)c2ccncc2)CC1OCCN(C)C. The van der Waals surface area contributed by atoms with Crippen LogP contribution in [0.5, 0.6) is 0 Å². The molecule has 4 rings (SSSR count). The lowest BCUT2D eigenvalue weighted by atomic mass is 9.92. The normalized spacial score (nSPS) is 20.8. The maximum Gasteiger partial charge on any atom is 0.252 e. The molecule has 5 nitrogen and oxygen atoms in total. The van der Waals surface area contributed by atoms with Crippen LogP contribution in [-0.4, -0.2) is 49.1 Å². The number of likely N-dealkylation sites (N-methyl/N-ethyl adjacent to an activating group) is 1. The van der Waals surface area contributed by atoms with Gasteiger partial charge in [0, 0.05) is 30.9 Å². The number of carbonyl (C=O) groups is 1. The molecule has 29 heavy (non-hydrogen) atoms. The average molecular weight is 389 g/mol. The maximum atomic E-state index is 13.0. The van der Waals surface area contributed by atoms with Gasteiger partial charge in [0.2, 0.25) is 0 Å². The Morgan fingerprint density at radius 3 is 2.69 bits per heavy atom. The lowest BCUT2D eigenvalue weighted by Crippen LogP contribution is -2.39. The summed E-state index contributed by atoms with van der Waals surface area (Å²) in [5, 5.41) is 5.65. The summed E-state index contributed by atoms with van der Waals surface area (Å²) in [4.78, 5) is 19.2. The molecule has 1 aliphatic carbocycles. The van der Waals surface area contributed by atoms with Crippen LogP contribution in [0.4, 0.5) is 0 Å². The van der Waals surface area contributed by atoms with Gasteiger partial charge in [0.05, 0.1) is 18.2 Å². The molecule has 150 valence electrons. The summed E-state index contributed by atoms with van der Waals surface area (Å²) in [7, 11) is 4.06. The molecule has 0 bridgehead atoms. The van der Waals surface area contributed by atoms with Crippen LogP contribution in [0.15, 0.2) is 60.9 Å². The van der Waals surface area contributed by atoms with Gasteiger partial charge in [0.25, 0.3) is 5.91 Å². The zero-order chi connectivity index (χ0) is 20.4. The van der Waals surface area contributed by atoms with Crippen LogP contribution < -0.4 is 5.32 Å². The Bertz CT molecular complexity index is 1020. The summed E-state index contributed by atoms with van der Waals surface area (Å²) < 4.78 is 6.21. The second-order valence-electron chi connectivity index (χ2n) is 8.01. The van der Waals surface area contributed by atoms with Crippen molar-refractivity contribution in [1.29, 1.82) is 0 Å². The van der Waals surface area contributed by atoms with Gasteiger partial charge in [-0.15, -0.1) is 0 Å². The lowest BCUT2D eigenvalue weighted by molar-refractivity contribution is 0.0755. The summed E-state index contributed by atoms with van der Waals surface area (Å²) in [5.74, 6) is -0.0987. The van der Waals surface area contributed by atoms with Crippen molar-refractivity contribution in [2.24, 2.45) is 0 Å². The van der Waals surface area contributed by atoms with Crippen molar-refractivity contribution in [1.82, 2.24) is 15.2 Å². The highest BCUT2D eigenvalue weighted by Crippen LogP contribution is 2.51. The Balaban J connectivity index is 1.71. The molecule has 3 aromatic rings. The summed E-state index contributed by atoms with van der Waals surface area (Å²) in [5.41, 5.74) is 2.42. The second kappa shape index (κ2) is 7.93. The number of amides is 1. The van der Waals surface area contributed by atoms with Gasteiger partial charge in [-0.3, -0.25) is 9.78 Å². The monoisotopic (exact) mass is 389 g/mol. The lowest BCUT2D eigenvalue weighted by Gasteiger charge is -2.24. The highest BCUT2D eigenvalue weighted by Gasteiger charge is 2.59. The molecular formula is C24H27N3O2. The molecule has 0 saturated heterocycles. The first kappa shape index (κ1) is 19.6. The minimum atomic E-state index is -0.516. The van der Waals surface area contributed by atoms with Gasteiger partial charge >= 0.3 is 0 Å². The van der Waals surface area contributed by atoms with Crippen LogP contribution in [0.25, 0.3) is 10.8 Å². The molecule has 2 unspecified atom stereocenters. The topological polar surface area (TPSA) is 54.5 Å². The number of aryl methyl sites for hydroxylation is 1. The van der Waals surface area contributed by atoms with Crippen molar-refractivity contribution >= 4 is 16.7 Å². The van der Waals surface area contributed by atoms with Crippen molar-refractivity contribution in [2.75, 3.05) is 27.2 Å². The van der Waals surface area contributed by atoms with E-state index in [1.165, 1.54) is 10.8 Å². The maximum absolute atomic E-state index is 13.0. The summed E-state index contributed by atoms with van der Waals surface area (Å²) in [6.07, 6.45) is 4.01. The zero-order valence-corrected chi connectivity index (χ0v) is 17.2. The Morgan fingerprint density at radius 1 is 1.17 bits per heavy atom.